The molecule has 0 aliphatic carbocycles. The van der Waals surface area contributed by atoms with Crippen LogP contribution in [0.2, 0.25) is 0 Å². The van der Waals surface area contributed by atoms with Gasteiger partial charge in [0.1, 0.15) is 18.4 Å². The molecule has 0 saturated carbocycles. The minimum absolute atomic E-state index is 0.00604. The molecule has 0 aliphatic rings. The Morgan fingerprint density at radius 2 is 2.33 bits per heavy atom. The normalized spacial score (nSPS) is 9.90. The summed E-state index contributed by atoms with van der Waals surface area (Å²) in [5.41, 5.74) is 0.298. The number of carbonyl (C=O) groups is 2. The highest BCUT2D eigenvalue weighted by Crippen LogP contribution is 2.19. The van der Waals surface area contributed by atoms with Crippen LogP contribution in [0.4, 0.5) is 10.6 Å². The molecule has 0 aliphatic heterocycles. The molecule has 2 N–H and O–H groups in total. The number of ether oxygens (including phenoxy) is 1. The van der Waals surface area contributed by atoms with Crippen LogP contribution in [-0.2, 0) is 4.74 Å². The first-order chi connectivity index (χ1) is 10.1. The van der Waals surface area contributed by atoms with E-state index in [1.165, 1.54) is 18.6 Å². The lowest BCUT2D eigenvalue weighted by atomic mass is 10.2. The second kappa shape index (κ2) is 6.33. The molecule has 108 valence electrons. The molecule has 0 unspecified atom stereocenters. The van der Waals surface area contributed by atoms with Crippen LogP contribution in [-0.4, -0.2) is 33.7 Å². The summed E-state index contributed by atoms with van der Waals surface area (Å²) < 4.78 is 9.62. The van der Waals surface area contributed by atoms with Crippen LogP contribution >= 0.6 is 0 Å². The molecule has 0 radical (unpaired) electrons. The molecule has 0 fully saturated rings. The van der Waals surface area contributed by atoms with Crippen molar-refractivity contribution in [3.8, 4) is 11.4 Å². The van der Waals surface area contributed by atoms with Crippen molar-refractivity contribution < 1.29 is 23.8 Å². The number of nitrogens with zero attached hydrogens (tertiary/aromatic N) is 2. The van der Waals surface area contributed by atoms with Crippen LogP contribution in [0.15, 0.2) is 41.9 Å². The Morgan fingerprint density at radius 1 is 1.52 bits per heavy atom. The predicted octanol–water partition coefficient (Wildman–Crippen LogP) is 2.17. The lowest BCUT2D eigenvalue weighted by Crippen LogP contribution is -2.18. The van der Waals surface area contributed by atoms with Gasteiger partial charge in [0.05, 0.1) is 11.8 Å². The number of hydrogen-bond acceptors (Lipinski definition) is 6. The predicted molar refractivity (Wildman–Crippen MR) is 71.9 cm³/mol. The standard InChI is InChI=1S/C13H11N3O5/c1-2-4-21-13(19)16-11-9(12(17)18)6-14-10(15-11)8-3-5-20-7-8/h2-3,5-7H,1,4H2,(H,17,18)(H,14,15,16,19). The SMILES string of the molecule is C=CCOC(=O)Nc1nc(-c2ccoc2)ncc1C(=O)O. The zero-order valence-corrected chi connectivity index (χ0v) is 10.8. The number of carboxylic acid groups (broad SMARTS) is 1. The van der Waals surface area contributed by atoms with Crippen LogP contribution in [0.25, 0.3) is 11.4 Å². The molecular weight excluding hydrogens is 278 g/mol. The minimum Gasteiger partial charge on any atom is -0.477 e. The Morgan fingerprint density at radius 3 is 2.95 bits per heavy atom. The van der Waals surface area contributed by atoms with Gasteiger partial charge >= 0.3 is 12.1 Å². The highest BCUT2D eigenvalue weighted by molar-refractivity contribution is 5.97. The summed E-state index contributed by atoms with van der Waals surface area (Å²) in [7, 11) is 0. The molecule has 2 heterocycles. The van der Waals surface area contributed by atoms with Crippen LogP contribution in [0.5, 0.6) is 0 Å². The smallest absolute Gasteiger partial charge is 0.413 e. The van der Waals surface area contributed by atoms with E-state index in [2.05, 4.69) is 21.9 Å². The van der Waals surface area contributed by atoms with Crippen LogP contribution in [0, 0.1) is 0 Å². The Kier molecular flexibility index (Phi) is 4.30. The fraction of sp³-hybridized carbons (Fsp3) is 0.0769. The molecule has 21 heavy (non-hydrogen) atoms. The van der Waals surface area contributed by atoms with E-state index in [0.717, 1.165) is 6.20 Å². The molecule has 0 aromatic carbocycles. The van der Waals surface area contributed by atoms with Crippen molar-refractivity contribution in [2.75, 3.05) is 11.9 Å². The number of hydrogen-bond donors (Lipinski definition) is 2. The number of carbonyl (C=O) groups excluding carboxylic acids is 1. The van der Waals surface area contributed by atoms with E-state index >= 15 is 0 Å². The molecule has 2 aromatic rings. The van der Waals surface area contributed by atoms with Crippen LogP contribution < -0.4 is 5.32 Å². The van der Waals surface area contributed by atoms with E-state index in [-0.39, 0.29) is 23.8 Å². The maximum Gasteiger partial charge on any atom is 0.413 e. The van der Waals surface area contributed by atoms with Crippen molar-refractivity contribution in [3.63, 3.8) is 0 Å². The Labute approximate surface area is 119 Å². The topological polar surface area (TPSA) is 115 Å². The van der Waals surface area contributed by atoms with Gasteiger partial charge in [0.2, 0.25) is 0 Å². The fourth-order valence-corrected chi connectivity index (χ4v) is 1.43. The molecular formula is C13H11N3O5. The first-order valence-corrected chi connectivity index (χ1v) is 5.79. The number of carboxylic acids is 1. The third-order valence-electron chi connectivity index (χ3n) is 2.35. The van der Waals surface area contributed by atoms with Gasteiger partial charge in [-0.2, -0.15) is 0 Å². The molecule has 8 nitrogen and oxygen atoms in total. The van der Waals surface area contributed by atoms with Gasteiger partial charge in [-0.3, -0.25) is 5.32 Å². The quantitative estimate of drug-likeness (QED) is 0.810. The summed E-state index contributed by atoms with van der Waals surface area (Å²) in [5, 5.41) is 11.3. The summed E-state index contributed by atoms with van der Waals surface area (Å²) >= 11 is 0. The summed E-state index contributed by atoms with van der Waals surface area (Å²) in [4.78, 5) is 30.5. The van der Waals surface area contributed by atoms with Gasteiger partial charge in [-0.1, -0.05) is 12.7 Å². The summed E-state index contributed by atoms with van der Waals surface area (Å²) in [6, 6.07) is 1.61. The Balaban J connectivity index is 2.31. The zero-order chi connectivity index (χ0) is 15.2. The average Bonchev–Trinajstić information content (AvgIpc) is 2.99. The Bertz CT molecular complexity index is 666. The lowest BCUT2D eigenvalue weighted by molar-refractivity contribution is 0.0697. The highest BCUT2D eigenvalue weighted by Gasteiger charge is 2.17. The second-order valence-corrected chi connectivity index (χ2v) is 3.79. The van der Waals surface area contributed by atoms with E-state index in [9.17, 15) is 9.59 Å². The van der Waals surface area contributed by atoms with E-state index in [4.69, 9.17) is 14.3 Å². The number of anilines is 1. The summed E-state index contributed by atoms with van der Waals surface area (Å²) in [6.45, 7) is 3.39. The van der Waals surface area contributed by atoms with Crippen LogP contribution in [0.1, 0.15) is 10.4 Å². The van der Waals surface area contributed by atoms with Gasteiger partial charge in [-0.05, 0) is 6.07 Å². The molecule has 0 atom stereocenters. The molecule has 2 aromatic heterocycles. The monoisotopic (exact) mass is 289 g/mol. The van der Waals surface area contributed by atoms with Crippen molar-refractivity contribution in [1.29, 1.82) is 0 Å². The van der Waals surface area contributed by atoms with Gasteiger partial charge < -0.3 is 14.3 Å². The molecule has 2 rings (SSSR count). The fourth-order valence-electron chi connectivity index (χ4n) is 1.43. The Hall–Kier alpha value is -3.16. The number of aromatic carboxylic acids is 1. The molecule has 1 amide bonds. The third kappa shape index (κ3) is 3.44. The lowest BCUT2D eigenvalue weighted by Gasteiger charge is -2.08. The number of aromatic nitrogens is 2. The van der Waals surface area contributed by atoms with Crippen molar-refractivity contribution in [1.82, 2.24) is 9.97 Å². The molecule has 0 spiro atoms. The van der Waals surface area contributed by atoms with E-state index < -0.39 is 12.1 Å². The van der Waals surface area contributed by atoms with Gasteiger partial charge in [-0.15, -0.1) is 0 Å². The first-order valence-electron chi connectivity index (χ1n) is 5.79. The van der Waals surface area contributed by atoms with Crippen molar-refractivity contribution in [3.05, 3.63) is 43.0 Å². The summed E-state index contributed by atoms with van der Waals surface area (Å²) in [6.07, 6.45) is 4.47. The first kappa shape index (κ1) is 14.3. The number of furan rings is 1. The highest BCUT2D eigenvalue weighted by atomic mass is 16.5. The van der Waals surface area contributed by atoms with E-state index in [1.54, 1.807) is 6.07 Å². The molecule has 0 bridgehead atoms. The average molecular weight is 289 g/mol. The number of amides is 1. The van der Waals surface area contributed by atoms with Crippen LogP contribution in [0.3, 0.4) is 0 Å². The van der Waals surface area contributed by atoms with Crippen molar-refractivity contribution >= 4 is 17.9 Å². The minimum atomic E-state index is -1.27. The maximum atomic E-state index is 11.5. The van der Waals surface area contributed by atoms with E-state index in [0.29, 0.717) is 5.56 Å². The van der Waals surface area contributed by atoms with E-state index in [1.807, 2.05) is 0 Å². The second-order valence-electron chi connectivity index (χ2n) is 3.79. The maximum absolute atomic E-state index is 11.5. The third-order valence-corrected chi connectivity index (χ3v) is 2.35. The largest absolute Gasteiger partial charge is 0.477 e. The number of rotatable bonds is 5. The van der Waals surface area contributed by atoms with Crippen molar-refractivity contribution in [2.45, 2.75) is 0 Å². The van der Waals surface area contributed by atoms with Gasteiger partial charge in [0, 0.05) is 6.20 Å². The van der Waals surface area contributed by atoms with Gasteiger partial charge in [0.15, 0.2) is 11.6 Å². The van der Waals surface area contributed by atoms with Gasteiger partial charge in [-0.25, -0.2) is 19.6 Å². The van der Waals surface area contributed by atoms with Gasteiger partial charge in [0.25, 0.3) is 0 Å². The molecule has 8 heteroatoms. The molecule has 0 saturated heterocycles. The number of nitrogens with one attached hydrogen (secondary N) is 1. The zero-order valence-electron chi connectivity index (χ0n) is 10.8. The van der Waals surface area contributed by atoms with Crippen molar-refractivity contribution in [2.24, 2.45) is 0 Å². The summed E-state index contributed by atoms with van der Waals surface area (Å²) in [5.74, 6) is -1.22.